The number of nitrogens with zero attached hydrogens (tertiary/aromatic N) is 1. The van der Waals surface area contributed by atoms with E-state index in [0.29, 0.717) is 22.3 Å². The van der Waals surface area contributed by atoms with E-state index in [4.69, 9.17) is 4.74 Å². The van der Waals surface area contributed by atoms with Crippen molar-refractivity contribution in [2.24, 2.45) is 5.92 Å². The molecule has 2 rings (SSSR count). The number of thiophene rings is 1. The molecule has 0 radical (unpaired) electrons. The van der Waals surface area contributed by atoms with Crippen LogP contribution >= 0.6 is 11.3 Å². The lowest BCUT2D eigenvalue weighted by Crippen LogP contribution is -2.28. The fourth-order valence-electron chi connectivity index (χ4n) is 2.19. The third-order valence-corrected chi connectivity index (χ3v) is 4.31. The van der Waals surface area contributed by atoms with E-state index in [9.17, 15) is 9.59 Å². The number of rotatable bonds is 4. The highest BCUT2D eigenvalue weighted by molar-refractivity contribution is 7.15. The van der Waals surface area contributed by atoms with Gasteiger partial charge in [-0.05, 0) is 25.5 Å². The smallest absolute Gasteiger partial charge is 0.263 e. The number of ketones is 1. The second kappa shape index (κ2) is 5.63. The predicted octanol–water partition coefficient (Wildman–Crippen LogP) is 2.06. The Morgan fingerprint density at radius 3 is 2.78 bits per heavy atom. The van der Waals surface area contributed by atoms with E-state index < -0.39 is 0 Å². The maximum atomic E-state index is 12.2. The molecule has 1 fully saturated rings. The Morgan fingerprint density at radius 2 is 2.17 bits per heavy atom. The summed E-state index contributed by atoms with van der Waals surface area (Å²) in [5, 5.41) is 0. The zero-order chi connectivity index (χ0) is 13.1. The average molecular weight is 267 g/mol. The minimum atomic E-state index is 0.0118. The molecular weight excluding hydrogens is 250 g/mol. The van der Waals surface area contributed by atoms with Gasteiger partial charge in [-0.15, -0.1) is 11.3 Å². The van der Waals surface area contributed by atoms with Crippen molar-refractivity contribution in [1.82, 2.24) is 4.90 Å². The SMILES string of the molecule is COC[C@@H]1CCN(C(=O)c2ccc(C(C)=O)s2)C1. The number of hydrogen-bond donors (Lipinski definition) is 0. The van der Waals surface area contributed by atoms with Crippen molar-refractivity contribution >= 4 is 23.0 Å². The van der Waals surface area contributed by atoms with Crippen LogP contribution in [0.25, 0.3) is 0 Å². The summed E-state index contributed by atoms with van der Waals surface area (Å²) in [4.78, 5) is 26.6. The van der Waals surface area contributed by atoms with Crippen LogP contribution in [0.5, 0.6) is 0 Å². The van der Waals surface area contributed by atoms with Crippen molar-refractivity contribution in [2.75, 3.05) is 26.8 Å². The zero-order valence-corrected chi connectivity index (χ0v) is 11.5. The van der Waals surface area contributed by atoms with Crippen LogP contribution in [-0.4, -0.2) is 43.4 Å². The molecular formula is C13H17NO3S. The molecule has 5 heteroatoms. The Kier molecular flexibility index (Phi) is 4.14. The van der Waals surface area contributed by atoms with Gasteiger partial charge in [-0.1, -0.05) is 0 Å². The monoisotopic (exact) mass is 267 g/mol. The number of carbonyl (C=O) groups excluding carboxylic acids is 2. The van der Waals surface area contributed by atoms with Crippen molar-refractivity contribution in [3.8, 4) is 0 Å². The van der Waals surface area contributed by atoms with Crippen LogP contribution in [0, 0.1) is 5.92 Å². The predicted molar refractivity (Wildman–Crippen MR) is 70.2 cm³/mol. The highest BCUT2D eigenvalue weighted by atomic mass is 32.1. The summed E-state index contributed by atoms with van der Waals surface area (Å²) >= 11 is 1.28. The van der Waals surface area contributed by atoms with E-state index in [-0.39, 0.29) is 11.7 Å². The highest BCUT2D eigenvalue weighted by Crippen LogP contribution is 2.23. The summed E-state index contributed by atoms with van der Waals surface area (Å²) in [5.41, 5.74) is 0. The first-order chi connectivity index (χ1) is 8.61. The molecule has 1 saturated heterocycles. The lowest BCUT2D eigenvalue weighted by Gasteiger charge is -2.15. The van der Waals surface area contributed by atoms with Gasteiger partial charge in [-0.2, -0.15) is 0 Å². The lowest BCUT2D eigenvalue weighted by atomic mass is 10.1. The molecule has 1 aliphatic heterocycles. The summed E-state index contributed by atoms with van der Waals surface area (Å²) < 4.78 is 5.12. The normalized spacial score (nSPS) is 19.2. The van der Waals surface area contributed by atoms with Gasteiger partial charge in [0.15, 0.2) is 5.78 Å². The molecule has 0 aliphatic carbocycles. The third-order valence-electron chi connectivity index (χ3n) is 3.14. The summed E-state index contributed by atoms with van der Waals surface area (Å²) in [6.45, 7) is 3.75. The topological polar surface area (TPSA) is 46.6 Å². The van der Waals surface area contributed by atoms with Gasteiger partial charge in [0.2, 0.25) is 0 Å². The number of carbonyl (C=O) groups is 2. The van der Waals surface area contributed by atoms with Crippen molar-refractivity contribution in [1.29, 1.82) is 0 Å². The van der Waals surface area contributed by atoms with Crippen LogP contribution in [0.2, 0.25) is 0 Å². The van der Waals surface area contributed by atoms with Crippen molar-refractivity contribution in [2.45, 2.75) is 13.3 Å². The largest absolute Gasteiger partial charge is 0.384 e. The maximum absolute atomic E-state index is 12.2. The number of methoxy groups -OCH3 is 1. The molecule has 1 aromatic rings. The van der Waals surface area contributed by atoms with Crippen LogP contribution in [0.15, 0.2) is 12.1 Å². The van der Waals surface area contributed by atoms with E-state index in [0.717, 1.165) is 19.5 Å². The van der Waals surface area contributed by atoms with E-state index >= 15 is 0 Å². The van der Waals surface area contributed by atoms with Crippen molar-refractivity contribution in [3.05, 3.63) is 21.9 Å². The number of amides is 1. The van der Waals surface area contributed by atoms with Gasteiger partial charge in [-0.25, -0.2) is 0 Å². The lowest BCUT2D eigenvalue weighted by molar-refractivity contribution is 0.0780. The molecule has 18 heavy (non-hydrogen) atoms. The number of ether oxygens (including phenoxy) is 1. The van der Waals surface area contributed by atoms with Crippen molar-refractivity contribution < 1.29 is 14.3 Å². The Morgan fingerprint density at radius 1 is 1.44 bits per heavy atom. The molecule has 0 aromatic carbocycles. The number of likely N-dealkylation sites (tertiary alicyclic amines) is 1. The molecule has 2 heterocycles. The van der Waals surface area contributed by atoms with Crippen LogP contribution < -0.4 is 0 Å². The standard InChI is InChI=1S/C13H17NO3S/c1-9(15)11-3-4-12(18-11)13(16)14-6-5-10(7-14)8-17-2/h3-4,10H,5-8H2,1-2H3/t10-/m1/s1. The summed E-state index contributed by atoms with van der Waals surface area (Å²) in [6, 6.07) is 3.47. The molecule has 1 aromatic heterocycles. The van der Waals surface area contributed by atoms with E-state index in [1.54, 1.807) is 19.2 Å². The van der Waals surface area contributed by atoms with Crippen LogP contribution in [0.3, 0.4) is 0 Å². The summed E-state index contributed by atoms with van der Waals surface area (Å²) in [7, 11) is 1.68. The highest BCUT2D eigenvalue weighted by Gasteiger charge is 2.27. The van der Waals surface area contributed by atoms with Gasteiger partial charge < -0.3 is 9.64 Å². The zero-order valence-electron chi connectivity index (χ0n) is 10.6. The Balaban J connectivity index is 2.01. The van der Waals surface area contributed by atoms with Crippen LogP contribution in [-0.2, 0) is 4.74 Å². The van der Waals surface area contributed by atoms with Gasteiger partial charge in [0, 0.05) is 26.1 Å². The molecule has 0 unspecified atom stereocenters. The van der Waals surface area contributed by atoms with E-state index in [1.165, 1.54) is 18.3 Å². The van der Waals surface area contributed by atoms with E-state index in [1.807, 2.05) is 4.90 Å². The number of Topliss-reactive ketones (excluding diaryl/α,β-unsaturated/α-hetero) is 1. The van der Waals surface area contributed by atoms with Crippen molar-refractivity contribution in [3.63, 3.8) is 0 Å². The quantitative estimate of drug-likeness (QED) is 0.784. The fraction of sp³-hybridized carbons (Fsp3) is 0.538. The van der Waals surface area contributed by atoms with Crippen LogP contribution in [0.1, 0.15) is 32.7 Å². The fourth-order valence-corrected chi connectivity index (χ4v) is 3.06. The van der Waals surface area contributed by atoms with Crippen LogP contribution in [0.4, 0.5) is 0 Å². The van der Waals surface area contributed by atoms with Gasteiger partial charge >= 0.3 is 0 Å². The first-order valence-electron chi connectivity index (χ1n) is 6.00. The van der Waals surface area contributed by atoms with Gasteiger partial charge in [0.25, 0.3) is 5.91 Å². The first-order valence-corrected chi connectivity index (χ1v) is 6.82. The molecule has 1 amide bonds. The van der Waals surface area contributed by atoms with Gasteiger partial charge in [0.1, 0.15) is 0 Å². The summed E-state index contributed by atoms with van der Waals surface area (Å²) in [5.74, 6) is 0.482. The third kappa shape index (κ3) is 2.79. The second-order valence-corrected chi connectivity index (χ2v) is 5.67. The molecule has 0 bridgehead atoms. The second-order valence-electron chi connectivity index (χ2n) is 4.58. The molecule has 98 valence electrons. The summed E-state index contributed by atoms with van der Waals surface area (Å²) in [6.07, 6.45) is 0.991. The van der Waals surface area contributed by atoms with Gasteiger partial charge in [-0.3, -0.25) is 9.59 Å². The molecule has 0 saturated carbocycles. The molecule has 1 atom stereocenters. The van der Waals surface area contributed by atoms with Gasteiger partial charge in [0.05, 0.1) is 16.4 Å². The number of hydrogen-bond acceptors (Lipinski definition) is 4. The Hall–Kier alpha value is -1.20. The Bertz CT molecular complexity index is 455. The van der Waals surface area contributed by atoms with E-state index in [2.05, 4.69) is 0 Å². The Labute approximate surface area is 111 Å². The first kappa shape index (κ1) is 13.2. The minimum absolute atomic E-state index is 0.0118. The molecule has 4 nitrogen and oxygen atoms in total. The average Bonchev–Trinajstić information content (AvgIpc) is 2.97. The minimum Gasteiger partial charge on any atom is -0.384 e. The maximum Gasteiger partial charge on any atom is 0.263 e. The molecule has 0 N–H and O–H groups in total. The molecule has 1 aliphatic rings. The molecule has 0 spiro atoms.